The number of methoxy groups -OCH3 is 1. The van der Waals surface area contributed by atoms with Crippen molar-refractivity contribution in [1.29, 1.82) is 0 Å². The zero-order valence-corrected chi connectivity index (χ0v) is 20.1. The third-order valence-corrected chi connectivity index (χ3v) is 6.66. The number of piperidine rings is 1. The second-order valence-electron chi connectivity index (χ2n) is 8.98. The van der Waals surface area contributed by atoms with Gasteiger partial charge in [-0.25, -0.2) is 13.2 Å². The van der Waals surface area contributed by atoms with Crippen molar-refractivity contribution in [3.05, 3.63) is 71.2 Å². The quantitative estimate of drug-likeness (QED) is 0.367. The van der Waals surface area contributed by atoms with Gasteiger partial charge in [-0.15, -0.1) is 0 Å². The first-order valence-corrected chi connectivity index (χ1v) is 11.8. The molecule has 2 aromatic carbocycles. The molecule has 0 radical (unpaired) electrons. The summed E-state index contributed by atoms with van der Waals surface area (Å²) in [7, 11) is 1.47. The molecule has 2 atom stereocenters. The maximum atomic E-state index is 14.6. The number of halogens is 3. The normalized spacial score (nSPS) is 17.7. The van der Waals surface area contributed by atoms with Crippen LogP contribution < -0.4 is 4.74 Å². The lowest BCUT2D eigenvalue weighted by Crippen LogP contribution is -2.44. The van der Waals surface area contributed by atoms with Crippen LogP contribution in [0, 0.1) is 41.1 Å². The van der Waals surface area contributed by atoms with Gasteiger partial charge in [0.2, 0.25) is 0 Å². The molecule has 2 heterocycles. The Morgan fingerprint density at radius 1 is 1.16 bits per heavy atom. The Morgan fingerprint density at radius 2 is 1.97 bits per heavy atom. The molecule has 6 nitrogen and oxygen atoms in total. The zero-order valence-electron chi connectivity index (χ0n) is 20.1. The predicted molar refractivity (Wildman–Crippen MR) is 131 cm³/mol. The number of aliphatic carboxylic acids is 1. The molecule has 0 bridgehead atoms. The number of fused-ring (bicyclic) bond motifs is 1. The third kappa shape index (κ3) is 6.09. The Kier molecular flexibility index (Phi) is 8.09. The number of likely N-dealkylation sites (tertiary alicyclic amines) is 1. The fraction of sp³-hybridized carbons (Fsp3) is 0.321. The van der Waals surface area contributed by atoms with E-state index in [-0.39, 0.29) is 43.0 Å². The second-order valence-corrected chi connectivity index (χ2v) is 8.98. The number of benzene rings is 2. The average molecular weight is 511 g/mol. The van der Waals surface area contributed by atoms with Crippen LogP contribution in [0.4, 0.5) is 13.2 Å². The predicted octanol–water partition coefficient (Wildman–Crippen LogP) is 4.70. The van der Waals surface area contributed by atoms with Crippen LogP contribution in [0.1, 0.15) is 35.2 Å². The number of rotatable bonds is 7. The van der Waals surface area contributed by atoms with Crippen molar-refractivity contribution in [2.45, 2.75) is 19.3 Å². The van der Waals surface area contributed by atoms with Gasteiger partial charge < -0.3 is 9.84 Å². The van der Waals surface area contributed by atoms with Gasteiger partial charge in [0, 0.05) is 18.4 Å². The van der Waals surface area contributed by atoms with Crippen LogP contribution in [-0.4, -0.2) is 53.5 Å². The SMILES string of the molecule is COc1ccc2ncc(F)c(C(=O)CC[C@H]3CCN(CC#Cc4cc(F)ccc4F)C[C@H]3C(=O)O)c2c1. The van der Waals surface area contributed by atoms with Gasteiger partial charge >= 0.3 is 5.97 Å². The molecule has 1 fully saturated rings. The van der Waals surface area contributed by atoms with Gasteiger partial charge in [0.15, 0.2) is 11.6 Å². The minimum Gasteiger partial charge on any atom is -0.497 e. The Morgan fingerprint density at radius 3 is 2.73 bits per heavy atom. The van der Waals surface area contributed by atoms with Crippen molar-refractivity contribution in [3.8, 4) is 17.6 Å². The van der Waals surface area contributed by atoms with E-state index in [0.717, 1.165) is 24.4 Å². The maximum absolute atomic E-state index is 14.6. The minimum absolute atomic E-state index is 0.0135. The summed E-state index contributed by atoms with van der Waals surface area (Å²) in [4.78, 5) is 30.9. The molecule has 1 N–H and O–H groups in total. The number of carboxylic acid groups (broad SMARTS) is 1. The third-order valence-electron chi connectivity index (χ3n) is 6.66. The number of ether oxygens (including phenoxy) is 1. The molecule has 192 valence electrons. The van der Waals surface area contributed by atoms with Gasteiger partial charge in [-0.1, -0.05) is 11.8 Å². The van der Waals surface area contributed by atoms with E-state index in [1.807, 2.05) is 4.90 Å². The van der Waals surface area contributed by atoms with E-state index in [1.54, 1.807) is 18.2 Å². The van der Waals surface area contributed by atoms with Gasteiger partial charge in [0.1, 0.15) is 17.4 Å². The highest BCUT2D eigenvalue weighted by molar-refractivity contribution is 6.07. The molecular formula is C28H25F3N2O4. The number of carboxylic acids is 1. The van der Waals surface area contributed by atoms with Crippen LogP contribution in [0.2, 0.25) is 0 Å². The standard InChI is InChI=1S/C28H25F3N2O4/c1-37-20-6-8-25-21(14-20)27(24(31)15-32-25)26(34)9-4-17-10-12-33(16-22(17)28(35)36)11-2-3-18-13-19(29)5-7-23(18)30/h5-8,13-15,17,22H,4,9-12,16H2,1H3,(H,35,36)/t17-,22+/m0/s1. The molecule has 37 heavy (non-hydrogen) atoms. The van der Waals surface area contributed by atoms with Crippen LogP contribution in [0.15, 0.2) is 42.6 Å². The molecule has 4 rings (SSSR count). The number of carbonyl (C=O) groups is 2. The van der Waals surface area contributed by atoms with Crippen molar-refractivity contribution < 1.29 is 32.6 Å². The molecule has 1 aliphatic rings. The monoisotopic (exact) mass is 510 g/mol. The van der Waals surface area contributed by atoms with Crippen LogP contribution in [0.3, 0.4) is 0 Å². The highest BCUT2D eigenvalue weighted by Gasteiger charge is 2.34. The average Bonchev–Trinajstić information content (AvgIpc) is 2.89. The number of carbonyl (C=O) groups excluding carboxylic acids is 1. The highest BCUT2D eigenvalue weighted by atomic mass is 19.1. The van der Waals surface area contributed by atoms with Gasteiger partial charge in [-0.2, -0.15) is 0 Å². The molecule has 3 aromatic rings. The molecule has 0 unspecified atom stereocenters. The Hall–Kier alpha value is -3.90. The number of Topliss-reactive ketones (excluding diaryl/α,β-unsaturated/α-hetero) is 1. The number of hydrogen-bond acceptors (Lipinski definition) is 5. The van der Waals surface area contributed by atoms with E-state index < -0.39 is 35.1 Å². The zero-order chi connectivity index (χ0) is 26.5. The fourth-order valence-corrected chi connectivity index (χ4v) is 4.68. The maximum Gasteiger partial charge on any atom is 0.308 e. The van der Waals surface area contributed by atoms with E-state index >= 15 is 0 Å². The molecule has 1 aliphatic heterocycles. The van der Waals surface area contributed by atoms with Crippen molar-refractivity contribution in [2.24, 2.45) is 11.8 Å². The van der Waals surface area contributed by atoms with Crippen LogP contribution in [-0.2, 0) is 4.79 Å². The molecule has 0 amide bonds. The van der Waals surface area contributed by atoms with Crippen molar-refractivity contribution in [2.75, 3.05) is 26.7 Å². The van der Waals surface area contributed by atoms with E-state index in [0.29, 0.717) is 29.6 Å². The molecule has 0 saturated carbocycles. The van der Waals surface area contributed by atoms with E-state index in [4.69, 9.17) is 4.74 Å². The summed E-state index contributed by atoms with van der Waals surface area (Å²) < 4.78 is 46.9. The summed E-state index contributed by atoms with van der Waals surface area (Å²) in [6, 6.07) is 7.90. The van der Waals surface area contributed by atoms with Crippen LogP contribution in [0.25, 0.3) is 10.9 Å². The number of hydrogen-bond donors (Lipinski definition) is 1. The molecule has 1 saturated heterocycles. The first kappa shape index (κ1) is 26.2. The summed E-state index contributed by atoms with van der Waals surface area (Å²) in [6.07, 6.45) is 1.79. The Labute approximate surface area is 212 Å². The molecule has 0 aliphatic carbocycles. The van der Waals surface area contributed by atoms with Crippen LogP contribution >= 0.6 is 0 Å². The lowest BCUT2D eigenvalue weighted by Gasteiger charge is -2.35. The van der Waals surface area contributed by atoms with Crippen LogP contribution in [0.5, 0.6) is 5.75 Å². The number of ketones is 1. The van der Waals surface area contributed by atoms with Gasteiger partial charge in [0.05, 0.1) is 42.4 Å². The molecule has 9 heteroatoms. The van der Waals surface area contributed by atoms with E-state index in [2.05, 4.69) is 16.8 Å². The lowest BCUT2D eigenvalue weighted by molar-refractivity contribution is -0.146. The van der Waals surface area contributed by atoms with E-state index in [9.17, 15) is 27.9 Å². The van der Waals surface area contributed by atoms with E-state index in [1.165, 1.54) is 7.11 Å². The smallest absolute Gasteiger partial charge is 0.308 e. The Bertz CT molecular complexity index is 1400. The summed E-state index contributed by atoms with van der Waals surface area (Å²) in [6.45, 7) is 0.937. The molecule has 0 spiro atoms. The number of aromatic nitrogens is 1. The summed E-state index contributed by atoms with van der Waals surface area (Å²) >= 11 is 0. The second kappa shape index (κ2) is 11.4. The van der Waals surface area contributed by atoms with Gasteiger partial charge in [-0.05, 0) is 61.7 Å². The summed E-state index contributed by atoms with van der Waals surface area (Å²) in [5.74, 6) is 1.46. The Balaban J connectivity index is 1.42. The summed E-state index contributed by atoms with van der Waals surface area (Å²) in [5, 5.41) is 10.2. The topological polar surface area (TPSA) is 79.7 Å². The number of pyridine rings is 1. The first-order valence-electron chi connectivity index (χ1n) is 11.8. The lowest BCUT2D eigenvalue weighted by atomic mass is 9.81. The van der Waals surface area contributed by atoms with Gasteiger partial charge in [0.25, 0.3) is 0 Å². The number of nitrogens with zero attached hydrogens (tertiary/aromatic N) is 2. The fourth-order valence-electron chi connectivity index (χ4n) is 4.68. The minimum atomic E-state index is -0.989. The van der Waals surface area contributed by atoms with Gasteiger partial charge in [-0.3, -0.25) is 19.5 Å². The van der Waals surface area contributed by atoms with Crippen molar-refractivity contribution in [3.63, 3.8) is 0 Å². The highest BCUT2D eigenvalue weighted by Crippen LogP contribution is 2.31. The first-order chi connectivity index (χ1) is 17.8. The molecule has 1 aromatic heterocycles. The molecular weight excluding hydrogens is 485 g/mol. The summed E-state index contributed by atoms with van der Waals surface area (Å²) in [5.41, 5.74) is 0.325. The van der Waals surface area contributed by atoms with Crippen molar-refractivity contribution in [1.82, 2.24) is 9.88 Å². The van der Waals surface area contributed by atoms with Crippen molar-refractivity contribution >= 4 is 22.7 Å². The largest absolute Gasteiger partial charge is 0.497 e.